The van der Waals surface area contributed by atoms with Crippen LogP contribution in [-0.4, -0.2) is 24.1 Å². The molecule has 1 heterocycles. The Morgan fingerprint density at radius 2 is 2.00 bits per heavy atom. The standard InChI is InChI=1S/C18H16N2O4S/c1-23-15-6-7-17(24-2)13(9-15)10-18-19-16(11-25-18)12-4-3-5-14(8-12)20(21)22/h3-9,11H,10H2,1-2H3. The molecule has 0 N–H and O–H groups in total. The van der Waals surface area contributed by atoms with Gasteiger partial charge < -0.3 is 9.47 Å². The first-order valence-corrected chi connectivity index (χ1v) is 8.39. The normalized spacial score (nSPS) is 10.5. The Morgan fingerprint density at radius 1 is 1.16 bits per heavy atom. The first-order valence-electron chi connectivity index (χ1n) is 7.51. The summed E-state index contributed by atoms with van der Waals surface area (Å²) in [5.74, 6) is 1.53. The van der Waals surface area contributed by atoms with Crippen molar-refractivity contribution in [3.8, 4) is 22.8 Å². The van der Waals surface area contributed by atoms with E-state index in [1.807, 2.05) is 29.6 Å². The SMILES string of the molecule is COc1ccc(OC)c(Cc2nc(-c3cccc([N+](=O)[O-])c3)cs2)c1. The maximum absolute atomic E-state index is 10.9. The highest BCUT2D eigenvalue weighted by Crippen LogP contribution is 2.30. The number of benzene rings is 2. The summed E-state index contributed by atoms with van der Waals surface area (Å²) in [6.45, 7) is 0. The van der Waals surface area contributed by atoms with E-state index in [0.717, 1.165) is 33.3 Å². The molecule has 128 valence electrons. The monoisotopic (exact) mass is 356 g/mol. The molecule has 3 aromatic rings. The lowest BCUT2D eigenvalue weighted by atomic mass is 10.1. The van der Waals surface area contributed by atoms with E-state index in [2.05, 4.69) is 4.98 Å². The number of thiazole rings is 1. The molecule has 0 bridgehead atoms. The van der Waals surface area contributed by atoms with E-state index < -0.39 is 4.92 Å². The molecule has 0 aliphatic carbocycles. The van der Waals surface area contributed by atoms with Crippen molar-refractivity contribution in [2.45, 2.75) is 6.42 Å². The molecule has 0 amide bonds. The summed E-state index contributed by atoms with van der Waals surface area (Å²) in [5, 5.41) is 13.7. The van der Waals surface area contributed by atoms with Gasteiger partial charge in [-0.1, -0.05) is 12.1 Å². The lowest BCUT2D eigenvalue weighted by Gasteiger charge is -2.09. The predicted molar refractivity (Wildman–Crippen MR) is 96.6 cm³/mol. The van der Waals surface area contributed by atoms with Crippen molar-refractivity contribution in [1.82, 2.24) is 4.98 Å². The molecule has 6 nitrogen and oxygen atoms in total. The molecule has 25 heavy (non-hydrogen) atoms. The van der Waals surface area contributed by atoms with Gasteiger partial charge in [0.25, 0.3) is 5.69 Å². The zero-order valence-corrected chi connectivity index (χ0v) is 14.6. The van der Waals surface area contributed by atoms with Gasteiger partial charge in [0.05, 0.1) is 29.8 Å². The Hall–Kier alpha value is -2.93. The van der Waals surface area contributed by atoms with E-state index >= 15 is 0 Å². The first kappa shape index (κ1) is 16.9. The van der Waals surface area contributed by atoms with E-state index in [4.69, 9.17) is 9.47 Å². The fraction of sp³-hybridized carbons (Fsp3) is 0.167. The van der Waals surface area contributed by atoms with Crippen molar-refractivity contribution in [2.24, 2.45) is 0 Å². The number of nitro benzene ring substituents is 1. The van der Waals surface area contributed by atoms with E-state index in [-0.39, 0.29) is 5.69 Å². The average molecular weight is 356 g/mol. The van der Waals surface area contributed by atoms with Gasteiger partial charge in [-0.2, -0.15) is 0 Å². The van der Waals surface area contributed by atoms with Crippen LogP contribution in [0, 0.1) is 10.1 Å². The van der Waals surface area contributed by atoms with Crippen LogP contribution in [0.5, 0.6) is 11.5 Å². The van der Waals surface area contributed by atoms with Gasteiger partial charge in [-0.3, -0.25) is 10.1 Å². The number of hydrogen-bond donors (Lipinski definition) is 0. The molecule has 7 heteroatoms. The largest absolute Gasteiger partial charge is 0.497 e. The number of non-ortho nitro benzene ring substituents is 1. The second-order valence-corrected chi connectivity index (χ2v) is 6.23. The van der Waals surface area contributed by atoms with E-state index in [0.29, 0.717) is 6.42 Å². The second kappa shape index (κ2) is 7.31. The highest BCUT2D eigenvalue weighted by molar-refractivity contribution is 7.10. The van der Waals surface area contributed by atoms with Crippen LogP contribution in [0.3, 0.4) is 0 Å². The van der Waals surface area contributed by atoms with Crippen LogP contribution in [0.4, 0.5) is 5.69 Å². The lowest BCUT2D eigenvalue weighted by Crippen LogP contribution is -1.95. The molecule has 3 rings (SSSR count). The average Bonchev–Trinajstić information content (AvgIpc) is 3.10. The van der Waals surface area contributed by atoms with Gasteiger partial charge in [0.1, 0.15) is 11.5 Å². The van der Waals surface area contributed by atoms with Crippen LogP contribution in [0.15, 0.2) is 47.8 Å². The molecule has 0 saturated carbocycles. The minimum Gasteiger partial charge on any atom is -0.497 e. The third-order valence-corrected chi connectivity index (χ3v) is 4.58. The molecule has 0 aliphatic rings. The van der Waals surface area contributed by atoms with Crippen LogP contribution in [0.1, 0.15) is 10.6 Å². The van der Waals surface area contributed by atoms with Crippen molar-refractivity contribution in [3.63, 3.8) is 0 Å². The van der Waals surface area contributed by atoms with E-state index in [1.54, 1.807) is 20.3 Å². The fourth-order valence-electron chi connectivity index (χ4n) is 2.49. The highest BCUT2D eigenvalue weighted by Gasteiger charge is 2.12. The third kappa shape index (κ3) is 3.77. The first-order chi connectivity index (χ1) is 12.1. The van der Waals surface area contributed by atoms with Gasteiger partial charge >= 0.3 is 0 Å². The molecule has 0 unspecified atom stereocenters. The maximum Gasteiger partial charge on any atom is 0.270 e. The predicted octanol–water partition coefficient (Wildman–Crippen LogP) is 4.33. The Bertz CT molecular complexity index is 908. The topological polar surface area (TPSA) is 74.5 Å². The zero-order valence-electron chi connectivity index (χ0n) is 13.8. The summed E-state index contributed by atoms with van der Waals surface area (Å²) in [6, 6.07) is 12.1. The number of nitrogens with zero attached hydrogens (tertiary/aromatic N) is 2. The molecule has 0 atom stereocenters. The summed E-state index contributed by atoms with van der Waals surface area (Å²) in [5.41, 5.74) is 2.49. The van der Waals surface area contributed by atoms with Gasteiger partial charge in [-0.25, -0.2) is 4.98 Å². The van der Waals surface area contributed by atoms with Gasteiger partial charge in [-0.15, -0.1) is 11.3 Å². The van der Waals surface area contributed by atoms with Crippen molar-refractivity contribution >= 4 is 17.0 Å². The van der Waals surface area contributed by atoms with Crippen molar-refractivity contribution < 1.29 is 14.4 Å². The van der Waals surface area contributed by atoms with Crippen molar-refractivity contribution in [3.05, 3.63) is 68.5 Å². The number of methoxy groups -OCH3 is 2. The summed E-state index contributed by atoms with van der Waals surface area (Å²) >= 11 is 1.51. The van der Waals surface area contributed by atoms with Crippen molar-refractivity contribution in [1.29, 1.82) is 0 Å². The van der Waals surface area contributed by atoms with Gasteiger partial charge in [0.15, 0.2) is 0 Å². The Kier molecular flexibility index (Phi) is 4.95. The maximum atomic E-state index is 10.9. The molecule has 0 aliphatic heterocycles. The highest BCUT2D eigenvalue weighted by atomic mass is 32.1. The van der Waals surface area contributed by atoms with Crippen molar-refractivity contribution in [2.75, 3.05) is 14.2 Å². The zero-order chi connectivity index (χ0) is 17.8. The number of nitro groups is 1. The van der Waals surface area contributed by atoms with Crippen LogP contribution in [-0.2, 0) is 6.42 Å². The van der Waals surface area contributed by atoms with Gasteiger partial charge in [-0.05, 0) is 18.2 Å². The summed E-state index contributed by atoms with van der Waals surface area (Å²) in [4.78, 5) is 15.1. The third-order valence-electron chi connectivity index (χ3n) is 3.73. The molecular formula is C18H16N2O4S. The van der Waals surface area contributed by atoms with Gasteiger partial charge in [0, 0.05) is 35.1 Å². The van der Waals surface area contributed by atoms with E-state index in [1.165, 1.54) is 23.5 Å². The quantitative estimate of drug-likeness (QED) is 0.485. The number of rotatable bonds is 6. The summed E-state index contributed by atoms with van der Waals surface area (Å²) in [6.07, 6.45) is 0.597. The molecule has 0 saturated heterocycles. The van der Waals surface area contributed by atoms with E-state index in [9.17, 15) is 10.1 Å². The second-order valence-electron chi connectivity index (χ2n) is 5.29. The molecule has 1 aromatic heterocycles. The number of hydrogen-bond acceptors (Lipinski definition) is 6. The van der Waals surface area contributed by atoms with Crippen LogP contribution in [0.25, 0.3) is 11.3 Å². The smallest absolute Gasteiger partial charge is 0.270 e. The molecule has 2 aromatic carbocycles. The Morgan fingerprint density at radius 3 is 2.72 bits per heavy atom. The summed E-state index contributed by atoms with van der Waals surface area (Å²) < 4.78 is 10.7. The molecule has 0 spiro atoms. The number of ether oxygens (including phenoxy) is 2. The molecule has 0 radical (unpaired) electrons. The molecular weight excluding hydrogens is 340 g/mol. The minimum atomic E-state index is -0.405. The van der Waals surface area contributed by atoms with Crippen LogP contribution in [0.2, 0.25) is 0 Å². The summed E-state index contributed by atoms with van der Waals surface area (Å²) in [7, 11) is 3.25. The minimum absolute atomic E-state index is 0.0570. The fourth-order valence-corrected chi connectivity index (χ4v) is 3.31. The van der Waals surface area contributed by atoms with Crippen LogP contribution >= 0.6 is 11.3 Å². The Labute approximate surface area is 148 Å². The lowest BCUT2D eigenvalue weighted by molar-refractivity contribution is -0.384. The Balaban J connectivity index is 1.87. The number of aromatic nitrogens is 1. The molecule has 0 fully saturated rings. The van der Waals surface area contributed by atoms with Crippen LogP contribution < -0.4 is 9.47 Å². The van der Waals surface area contributed by atoms with Gasteiger partial charge in [0.2, 0.25) is 0 Å².